The first kappa shape index (κ1) is 26.7. The molecular weight excluding hydrogens is 570 g/mol. The molecule has 0 aliphatic carbocycles. The van der Waals surface area contributed by atoms with Gasteiger partial charge in [-0.1, -0.05) is 46.4 Å². The van der Waals surface area contributed by atoms with E-state index in [0.29, 0.717) is 44.3 Å². The number of piperidine rings is 6. The number of ether oxygens (including phenoxy) is 2. The van der Waals surface area contributed by atoms with Crippen LogP contribution in [0.1, 0.15) is 36.8 Å². The highest BCUT2D eigenvalue weighted by atomic mass is 35.5. The number of hydrogen-bond donors (Lipinski definition) is 0. The van der Waals surface area contributed by atoms with E-state index in [1.165, 1.54) is 0 Å². The van der Waals surface area contributed by atoms with E-state index in [1.807, 2.05) is 0 Å². The van der Waals surface area contributed by atoms with Crippen LogP contribution in [0, 0.1) is 11.8 Å². The van der Waals surface area contributed by atoms with E-state index in [2.05, 4.69) is 9.80 Å². The standard InChI is InChI=1S/C28H28Cl4N2O4/c29-21-9-19(10-22(30)13-21)27(15-33-5-1-17(27)2-6-33)37-25(35)26(36)38-28(16-34-7-3-18(28)4-8-34)20-11-23(31)14-24(32)12-20/h9-14,17-18H,1-8,15-16H2. The molecule has 6 heterocycles. The summed E-state index contributed by atoms with van der Waals surface area (Å²) in [6, 6.07) is 10.4. The van der Waals surface area contributed by atoms with Crippen LogP contribution in [0.3, 0.4) is 0 Å². The Morgan fingerprint density at radius 3 is 1.18 bits per heavy atom. The summed E-state index contributed by atoms with van der Waals surface area (Å²) < 4.78 is 12.4. The first-order valence-electron chi connectivity index (χ1n) is 13.0. The van der Waals surface area contributed by atoms with E-state index < -0.39 is 23.1 Å². The van der Waals surface area contributed by atoms with Crippen LogP contribution in [-0.2, 0) is 30.3 Å². The summed E-state index contributed by atoms with van der Waals surface area (Å²) in [5.41, 5.74) is -0.680. The Kier molecular flexibility index (Phi) is 7.11. The van der Waals surface area contributed by atoms with Crippen molar-refractivity contribution in [2.45, 2.75) is 36.9 Å². The van der Waals surface area contributed by atoms with E-state index in [4.69, 9.17) is 55.9 Å². The van der Waals surface area contributed by atoms with Gasteiger partial charge in [-0.3, -0.25) is 9.80 Å². The lowest BCUT2D eigenvalue weighted by Gasteiger charge is -2.53. The second-order valence-electron chi connectivity index (χ2n) is 11.0. The molecule has 6 saturated heterocycles. The van der Waals surface area contributed by atoms with Crippen molar-refractivity contribution < 1.29 is 19.1 Å². The molecule has 6 aliphatic heterocycles. The summed E-state index contributed by atoms with van der Waals surface area (Å²) in [7, 11) is 0. The van der Waals surface area contributed by atoms with Gasteiger partial charge >= 0.3 is 11.9 Å². The number of rotatable bonds is 4. The molecular formula is C28H28Cl4N2O4. The first-order chi connectivity index (χ1) is 18.2. The predicted octanol–water partition coefficient (Wildman–Crippen LogP) is 5.93. The third kappa shape index (κ3) is 4.71. The van der Waals surface area contributed by atoms with Crippen molar-refractivity contribution in [3.63, 3.8) is 0 Å². The molecule has 10 heteroatoms. The highest BCUT2D eigenvalue weighted by Gasteiger charge is 2.55. The molecule has 6 fully saturated rings. The van der Waals surface area contributed by atoms with Crippen LogP contribution in [0.15, 0.2) is 36.4 Å². The summed E-state index contributed by atoms with van der Waals surface area (Å²) in [5.74, 6) is -1.95. The Balaban J connectivity index is 1.33. The lowest BCUT2D eigenvalue weighted by molar-refractivity contribution is -0.211. The average molecular weight is 598 g/mol. The number of hydrogen-bond acceptors (Lipinski definition) is 6. The van der Waals surface area contributed by atoms with E-state index >= 15 is 0 Å². The van der Waals surface area contributed by atoms with Crippen molar-refractivity contribution in [1.29, 1.82) is 0 Å². The highest BCUT2D eigenvalue weighted by Crippen LogP contribution is 2.49. The zero-order valence-corrected chi connectivity index (χ0v) is 23.8. The number of benzene rings is 2. The van der Waals surface area contributed by atoms with Crippen molar-refractivity contribution >= 4 is 58.3 Å². The summed E-state index contributed by atoms with van der Waals surface area (Å²) in [4.78, 5) is 31.6. The minimum absolute atomic E-state index is 0.0382. The van der Waals surface area contributed by atoms with Crippen LogP contribution >= 0.6 is 46.4 Å². The molecule has 2 unspecified atom stereocenters. The summed E-state index contributed by atoms with van der Waals surface area (Å²) in [5, 5.41) is 1.80. The fourth-order valence-electron chi connectivity index (χ4n) is 7.05. The monoisotopic (exact) mass is 596 g/mol. The minimum Gasteiger partial charge on any atom is -0.444 e. The van der Waals surface area contributed by atoms with Gasteiger partial charge in [-0.05, 0) is 88.3 Å². The molecule has 2 aromatic rings. The molecule has 0 spiro atoms. The Hall–Kier alpha value is -1.54. The summed E-state index contributed by atoms with van der Waals surface area (Å²) in [6.45, 7) is 4.60. The zero-order chi connectivity index (χ0) is 26.7. The maximum atomic E-state index is 13.6. The fourth-order valence-corrected chi connectivity index (χ4v) is 8.10. The molecule has 0 saturated carbocycles. The van der Waals surface area contributed by atoms with Crippen molar-refractivity contribution in [2.75, 3.05) is 39.3 Å². The smallest absolute Gasteiger partial charge is 0.418 e. The first-order valence-corrected chi connectivity index (χ1v) is 14.5. The molecule has 6 nitrogen and oxygen atoms in total. The van der Waals surface area contributed by atoms with E-state index in [-0.39, 0.29) is 11.8 Å². The third-order valence-electron chi connectivity index (χ3n) is 8.83. The predicted molar refractivity (Wildman–Crippen MR) is 147 cm³/mol. The third-order valence-corrected chi connectivity index (χ3v) is 9.70. The summed E-state index contributed by atoms with van der Waals surface area (Å²) in [6.07, 6.45) is 3.37. The quantitative estimate of drug-likeness (QED) is 0.322. The maximum Gasteiger partial charge on any atom is 0.418 e. The number of carbonyl (C=O) groups is 2. The van der Waals surface area contributed by atoms with Gasteiger partial charge in [0, 0.05) is 56.1 Å². The normalized spacial score (nSPS) is 33.7. The number of esters is 2. The van der Waals surface area contributed by atoms with Crippen molar-refractivity contribution in [3.8, 4) is 0 Å². The van der Waals surface area contributed by atoms with Gasteiger partial charge in [-0.25, -0.2) is 9.59 Å². The minimum atomic E-state index is -1.04. The van der Waals surface area contributed by atoms with Gasteiger partial charge in [0.25, 0.3) is 0 Å². The fraction of sp³-hybridized carbons (Fsp3) is 0.500. The maximum absolute atomic E-state index is 13.6. The Morgan fingerprint density at radius 2 is 0.921 bits per heavy atom. The molecule has 0 N–H and O–H groups in total. The van der Waals surface area contributed by atoms with E-state index in [9.17, 15) is 9.59 Å². The molecule has 202 valence electrons. The Morgan fingerprint density at radius 1 is 0.605 bits per heavy atom. The van der Waals surface area contributed by atoms with Crippen molar-refractivity contribution in [3.05, 3.63) is 67.6 Å². The van der Waals surface area contributed by atoms with Gasteiger partial charge in [0.1, 0.15) is 0 Å². The number of halogens is 4. The van der Waals surface area contributed by atoms with Crippen LogP contribution in [0.25, 0.3) is 0 Å². The van der Waals surface area contributed by atoms with Gasteiger partial charge in [0.15, 0.2) is 11.2 Å². The number of fused-ring (bicyclic) bond motifs is 6. The molecule has 2 atom stereocenters. The van der Waals surface area contributed by atoms with Gasteiger partial charge in [-0.15, -0.1) is 0 Å². The molecule has 2 aromatic carbocycles. The second-order valence-corrected chi connectivity index (χ2v) is 12.7. The Labute approximate surface area is 242 Å². The lowest BCUT2D eigenvalue weighted by atomic mass is 9.71. The van der Waals surface area contributed by atoms with Crippen LogP contribution in [0.5, 0.6) is 0 Å². The molecule has 8 rings (SSSR count). The number of carbonyl (C=O) groups excluding carboxylic acids is 2. The molecule has 38 heavy (non-hydrogen) atoms. The van der Waals surface area contributed by atoms with Crippen LogP contribution in [0.4, 0.5) is 0 Å². The van der Waals surface area contributed by atoms with Crippen LogP contribution in [0.2, 0.25) is 20.1 Å². The Bertz CT molecular complexity index is 1140. The lowest BCUT2D eigenvalue weighted by Crippen LogP contribution is -2.61. The van der Waals surface area contributed by atoms with E-state index in [1.54, 1.807) is 36.4 Å². The van der Waals surface area contributed by atoms with Crippen LogP contribution in [-0.4, -0.2) is 61.0 Å². The molecule has 0 amide bonds. The number of nitrogens with zero attached hydrogens (tertiary/aromatic N) is 2. The van der Waals surface area contributed by atoms with Gasteiger partial charge < -0.3 is 9.47 Å². The highest BCUT2D eigenvalue weighted by molar-refractivity contribution is 6.35. The topological polar surface area (TPSA) is 59.1 Å². The van der Waals surface area contributed by atoms with Gasteiger partial charge in [0.2, 0.25) is 0 Å². The van der Waals surface area contributed by atoms with Gasteiger partial charge in [0.05, 0.1) is 0 Å². The molecule has 0 aromatic heterocycles. The van der Waals surface area contributed by atoms with Gasteiger partial charge in [-0.2, -0.15) is 0 Å². The zero-order valence-electron chi connectivity index (χ0n) is 20.7. The largest absolute Gasteiger partial charge is 0.444 e. The van der Waals surface area contributed by atoms with Crippen molar-refractivity contribution in [1.82, 2.24) is 9.80 Å². The SMILES string of the molecule is O=C(OC1(c2cc(Cl)cc(Cl)c2)CN2CCC1CC2)C(=O)OC1(c2cc(Cl)cc(Cl)c2)CN2CCC1CC2. The van der Waals surface area contributed by atoms with E-state index in [0.717, 1.165) is 51.9 Å². The molecule has 4 bridgehead atoms. The van der Waals surface area contributed by atoms with Crippen molar-refractivity contribution in [2.24, 2.45) is 11.8 Å². The average Bonchev–Trinajstić information content (AvgIpc) is 2.89. The molecule has 6 aliphatic rings. The van der Waals surface area contributed by atoms with Crippen LogP contribution < -0.4 is 0 Å². The second kappa shape index (κ2) is 10.1. The summed E-state index contributed by atoms with van der Waals surface area (Å²) >= 11 is 25.4. The molecule has 0 radical (unpaired) electrons.